The molecular weight excluding hydrogens is 326 g/mol. The first-order chi connectivity index (χ1) is 11.8. The van der Waals surface area contributed by atoms with Crippen molar-refractivity contribution in [2.45, 2.75) is 32.9 Å². The number of aliphatic carboxylic acids is 1. The molecule has 1 heterocycles. The van der Waals surface area contributed by atoms with Crippen molar-refractivity contribution < 1.29 is 24.3 Å². The highest BCUT2D eigenvalue weighted by Gasteiger charge is 2.28. The molecule has 0 unspecified atom stereocenters. The van der Waals surface area contributed by atoms with Gasteiger partial charge in [-0.25, -0.2) is 9.59 Å². The normalized spacial score (nSPS) is 15.2. The minimum absolute atomic E-state index is 0.00818. The first-order valence-electron chi connectivity index (χ1n) is 7.98. The monoisotopic (exact) mass is 347 g/mol. The van der Waals surface area contributed by atoms with Crippen molar-refractivity contribution in [3.05, 3.63) is 35.4 Å². The number of rotatable bonds is 7. The first kappa shape index (κ1) is 18.4. The Kier molecular flexibility index (Phi) is 5.74. The second kappa shape index (κ2) is 7.78. The van der Waals surface area contributed by atoms with E-state index in [1.54, 1.807) is 12.1 Å². The van der Waals surface area contributed by atoms with E-state index in [0.29, 0.717) is 17.5 Å². The van der Waals surface area contributed by atoms with Gasteiger partial charge in [0.1, 0.15) is 6.04 Å². The van der Waals surface area contributed by atoms with Gasteiger partial charge in [0.2, 0.25) is 5.91 Å². The van der Waals surface area contributed by atoms with Gasteiger partial charge < -0.3 is 15.7 Å². The van der Waals surface area contributed by atoms with Gasteiger partial charge in [-0.3, -0.25) is 14.5 Å². The highest BCUT2D eigenvalue weighted by Crippen LogP contribution is 2.11. The number of carboxylic acids is 1. The second-order valence-electron chi connectivity index (χ2n) is 6.33. The van der Waals surface area contributed by atoms with Crippen LogP contribution < -0.4 is 10.6 Å². The van der Waals surface area contributed by atoms with Crippen LogP contribution in [0.4, 0.5) is 4.79 Å². The first-order valence-corrected chi connectivity index (χ1v) is 7.98. The largest absolute Gasteiger partial charge is 0.480 e. The number of carbonyl (C=O) groups excluding carboxylic acids is 3. The predicted molar refractivity (Wildman–Crippen MR) is 88.7 cm³/mol. The molecule has 134 valence electrons. The number of hydrogen-bond donors (Lipinski definition) is 3. The van der Waals surface area contributed by atoms with E-state index < -0.39 is 23.9 Å². The molecule has 1 fully saturated rings. The fourth-order valence-electron chi connectivity index (χ4n) is 2.49. The molecule has 0 aliphatic carbocycles. The third-order valence-corrected chi connectivity index (χ3v) is 3.80. The van der Waals surface area contributed by atoms with Crippen molar-refractivity contribution in [1.82, 2.24) is 15.5 Å². The number of amides is 4. The van der Waals surface area contributed by atoms with Crippen molar-refractivity contribution in [3.8, 4) is 0 Å². The summed E-state index contributed by atoms with van der Waals surface area (Å²) < 4.78 is 0. The Labute approximate surface area is 145 Å². The van der Waals surface area contributed by atoms with Gasteiger partial charge in [-0.2, -0.15) is 0 Å². The molecule has 3 N–H and O–H groups in total. The van der Waals surface area contributed by atoms with Crippen LogP contribution in [-0.4, -0.2) is 46.4 Å². The van der Waals surface area contributed by atoms with Gasteiger partial charge in [0.05, 0.1) is 13.1 Å². The van der Waals surface area contributed by atoms with E-state index in [-0.39, 0.29) is 24.9 Å². The van der Waals surface area contributed by atoms with Gasteiger partial charge in [-0.05, 0) is 30.0 Å². The van der Waals surface area contributed by atoms with Crippen LogP contribution in [0, 0.1) is 5.92 Å². The van der Waals surface area contributed by atoms with Gasteiger partial charge in [0, 0.05) is 5.56 Å². The van der Waals surface area contributed by atoms with E-state index in [9.17, 15) is 24.3 Å². The van der Waals surface area contributed by atoms with Crippen molar-refractivity contribution in [2.75, 3.05) is 6.54 Å². The third kappa shape index (κ3) is 4.79. The second-order valence-corrected chi connectivity index (χ2v) is 6.33. The maximum absolute atomic E-state index is 12.2. The van der Waals surface area contributed by atoms with E-state index in [1.807, 2.05) is 13.8 Å². The Morgan fingerprint density at radius 1 is 1.24 bits per heavy atom. The van der Waals surface area contributed by atoms with Crippen LogP contribution in [0.1, 0.15) is 36.2 Å². The summed E-state index contributed by atoms with van der Waals surface area (Å²) in [5.41, 5.74) is 1.01. The molecular formula is C17H21N3O5. The number of nitrogens with one attached hydrogen (secondary N) is 2. The summed E-state index contributed by atoms with van der Waals surface area (Å²) in [5.74, 6) is -1.72. The topological polar surface area (TPSA) is 116 Å². The molecule has 1 aliphatic heterocycles. The summed E-state index contributed by atoms with van der Waals surface area (Å²) >= 11 is 0. The Hall–Kier alpha value is -2.90. The van der Waals surface area contributed by atoms with E-state index in [1.165, 1.54) is 12.1 Å². The van der Waals surface area contributed by atoms with Gasteiger partial charge in [-0.1, -0.05) is 26.0 Å². The van der Waals surface area contributed by atoms with Crippen LogP contribution in [0.25, 0.3) is 0 Å². The molecule has 8 heteroatoms. The van der Waals surface area contributed by atoms with Gasteiger partial charge >= 0.3 is 12.0 Å². The van der Waals surface area contributed by atoms with E-state index in [4.69, 9.17) is 0 Å². The minimum atomic E-state index is -1.07. The standard InChI is InChI=1S/C17H21N3O5/c1-10(2)7-13(16(23)24)19-15(22)12-5-3-11(4-6-12)9-20-14(21)8-18-17(20)25/h3-6,10,13H,7-9H2,1-2H3,(H,18,25)(H,19,22)(H,23,24)/t13-/m0/s1. The van der Waals surface area contributed by atoms with Crippen LogP contribution in [0.2, 0.25) is 0 Å². The van der Waals surface area contributed by atoms with Gasteiger partial charge in [-0.15, -0.1) is 0 Å². The molecule has 8 nitrogen and oxygen atoms in total. The summed E-state index contributed by atoms with van der Waals surface area (Å²) in [6, 6.07) is 4.95. The fourth-order valence-corrected chi connectivity index (χ4v) is 2.49. The van der Waals surface area contributed by atoms with Crippen molar-refractivity contribution in [3.63, 3.8) is 0 Å². The summed E-state index contributed by atoms with van der Waals surface area (Å²) in [7, 11) is 0. The molecule has 0 aromatic heterocycles. The zero-order valence-electron chi connectivity index (χ0n) is 14.1. The van der Waals surface area contributed by atoms with Crippen molar-refractivity contribution in [2.24, 2.45) is 5.92 Å². The van der Waals surface area contributed by atoms with Crippen molar-refractivity contribution in [1.29, 1.82) is 0 Å². The average Bonchev–Trinajstić information content (AvgIpc) is 2.86. The van der Waals surface area contributed by atoms with Gasteiger partial charge in [0.15, 0.2) is 0 Å². The number of urea groups is 1. The lowest BCUT2D eigenvalue weighted by molar-refractivity contribution is -0.139. The molecule has 2 rings (SSSR count). The predicted octanol–water partition coefficient (Wildman–Crippen LogP) is 0.967. The number of carbonyl (C=O) groups is 4. The highest BCUT2D eigenvalue weighted by atomic mass is 16.4. The third-order valence-electron chi connectivity index (χ3n) is 3.80. The summed E-state index contributed by atoms with van der Waals surface area (Å²) in [6.07, 6.45) is 0.339. The quantitative estimate of drug-likeness (QED) is 0.636. The number of benzene rings is 1. The Bertz CT molecular complexity index is 668. The molecule has 4 amide bonds. The summed E-state index contributed by atoms with van der Waals surface area (Å²) in [5, 5.41) is 14.1. The lowest BCUT2D eigenvalue weighted by atomic mass is 10.0. The molecule has 1 aliphatic rings. The highest BCUT2D eigenvalue weighted by molar-refractivity contribution is 6.02. The number of imide groups is 1. The zero-order valence-corrected chi connectivity index (χ0v) is 14.1. The summed E-state index contributed by atoms with van der Waals surface area (Å²) in [6.45, 7) is 3.88. The molecule has 1 aromatic rings. The molecule has 25 heavy (non-hydrogen) atoms. The van der Waals surface area contributed by atoms with Crippen LogP contribution in [-0.2, 0) is 16.1 Å². The number of carboxylic acid groups (broad SMARTS) is 1. The van der Waals surface area contributed by atoms with Gasteiger partial charge in [0.25, 0.3) is 5.91 Å². The Morgan fingerprint density at radius 3 is 2.36 bits per heavy atom. The Morgan fingerprint density at radius 2 is 1.88 bits per heavy atom. The van der Waals surface area contributed by atoms with E-state index >= 15 is 0 Å². The Balaban J connectivity index is 2.01. The molecule has 0 radical (unpaired) electrons. The minimum Gasteiger partial charge on any atom is -0.480 e. The molecule has 0 saturated carbocycles. The molecule has 0 spiro atoms. The molecule has 1 aromatic carbocycles. The lowest BCUT2D eigenvalue weighted by Crippen LogP contribution is -2.41. The smallest absolute Gasteiger partial charge is 0.326 e. The average molecular weight is 347 g/mol. The van der Waals surface area contributed by atoms with Crippen LogP contribution >= 0.6 is 0 Å². The molecule has 1 atom stereocenters. The number of nitrogens with zero attached hydrogens (tertiary/aromatic N) is 1. The van der Waals surface area contributed by atoms with Crippen LogP contribution in [0.15, 0.2) is 24.3 Å². The van der Waals surface area contributed by atoms with Crippen LogP contribution in [0.3, 0.4) is 0 Å². The summed E-state index contributed by atoms with van der Waals surface area (Å²) in [4.78, 5) is 47.6. The lowest BCUT2D eigenvalue weighted by Gasteiger charge is -2.17. The van der Waals surface area contributed by atoms with Crippen LogP contribution in [0.5, 0.6) is 0 Å². The van der Waals surface area contributed by atoms with Crippen molar-refractivity contribution >= 4 is 23.8 Å². The molecule has 1 saturated heterocycles. The number of hydrogen-bond acceptors (Lipinski definition) is 4. The van der Waals surface area contributed by atoms with E-state index in [2.05, 4.69) is 10.6 Å². The molecule has 0 bridgehead atoms. The maximum Gasteiger partial charge on any atom is 0.326 e. The van der Waals surface area contributed by atoms with E-state index in [0.717, 1.165) is 4.90 Å². The zero-order chi connectivity index (χ0) is 18.6. The maximum atomic E-state index is 12.2. The fraction of sp³-hybridized carbons (Fsp3) is 0.412. The SMILES string of the molecule is CC(C)C[C@H](NC(=O)c1ccc(CN2C(=O)CNC2=O)cc1)C(=O)O.